The highest BCUT2D eigenvalue weighted by Crippen LogP contribution is 2.39. The van der Waals surface area contributed by atoms with E-state index in [-0.39, 0.29) is 0 Å². The summed E-state index contributed by atoms with van der Waals surface area (Å²) in [5.74, 6) is 2.01. The molecule has 0 radical (unpaired) electrons. The predicted molar refractivity (Wildman–Crippen MR) is 73.3 cm³/mol. The van der Waals surface area contributed by atoms with Crippen molar-refractivity contribution in [2.24, 2.45) is 0 Å². The van der Waals surface area contributed by atoms with Gasteiger partial charge in [0, 0.05) is 17.5 Å². The van der Waals surface area contributed by atoms with E-state index in [1.807, 2.05) is 6.07 Å². The first kappa shape index (κ1) is 11.2. The van der Waals surface area contributed by atoms with Crippen LogP contribution in [0.1, 0.15) is 35.7 Å². The van der Waals surface area contributed by atoms with Crippen LogP contribution in [0.4, 0.5) is 5.82 Å². The molecule has 0 saturated heterocycles. The lowest BCUT2D eigenvalue weighted by Crippen LogP contribution is -2.00. The van der Waals surface area contributed by atoms with E-state index in [1.54, 1.807) is 0 Å². The number of nitrogens with zero attached hydrogens (tertiary/aromatic N) is 2. The van der Waals surface area contributed by atoms with Gasteiger partial charge in [0.15, 0.2) is 0 Å². The Kier molecular flexibility index (Phi) is 2.54. The van der Waals surface area contributed by atoms with Crippen LogP contribution in [-0.4, -0.2) is 9.97 Å². The fraction of sp³-hybridized carbons (Fsp3) is 0.333. The SMILES string of the molecule is Cc1ccc(C)c(-c2cc(N)nc(C3CC3)n2)c1. The summed E-state index contributed by atoms with van der Waals surface area (Å²) in [7, 11) is 0. The Hall–Kier alpha value is -1.90. The summed E-state index contributed by atoms with van der Waals surface area (Å²) >= 11 is 0. The van der Waals surface area contributed by atoms with Crippen molar-refractivity contribution in [1.82, 2.24) is 9.97 Å². The Bertz CT molecular complexity index is 601. The maximum absolute atomic E-state index is 5.90. The van der Waals surface area contributed by atoms with Gasteiger partial charge in [0.25, 0.3) is 0 Å². The topological polar surface area (TPSA) is 51.8 Å². The number of hydrogen-bond donors (Lipinski definition) is 1. The standard InChI is InChI=1S/C15H17N3/c1-9-3-4-10(2)12(7-9)13-8-14(16)18-15(17-13)11-5-6-11/h3-4,7-8,11H,5-6H2,1-2H3,(H2,16,17,18). The van der Waals surface area contributed by atoms with Gasteiger partial charge in [-0.1, -0.05) is 17.7 Å². The fourth-order valence-electron chi connectivity index (χ4n) is 2.16. The van der Waals surface area contributed by atoms with E-state index >= 15 is 0 Å². The normalized spacial score (nSPS) is 14.8. The van der Waals surface area contributed by atoms with Crippen LogP contribution >= 0.6 is 0 Å². The highest BCUT2D eigenvalue weighted by Gasteiger charge is 2.27. The van der Waals surface area contributed by atoms with Crippen LogP contribution in [0.15, 0.2) is 24.3 Å². The molecular formula is C15H17N3. The van der Waals surface area contributed by atoms with Gasteiger partial charge in [-0.25, -0.2) is 9.97 Å². The molecule has 3 nitrogen and oxygen atoms in total. The number of hydrogen-bond acceptors (Lipinski definition) is 3. The van der Waals surface area contributed by atoms with E-state index in [9.17, 15) is 0 Å². The number of nitrogen functional groups attached to an aromatic ring is 1. The number of aryl methyl sites for hydroxylation is 2. The van der Waals surface area contributed by atoms with Gasteiger partial charge >= 0.3 is 0 Å². The van der Waals surface area contributed by atoms with Crippen LogP contribution in [0.3, 0.4) is 0 Å². The van der Waals surface area contributed by atoms with Crippen LogP contribution < -0.4 is 5.73 Å². The van der Waals surface area contributed by atoms with Crippen LogP contribution in [0.25, 0.3) is 11.3 Å². The van der Waals surface area contributed by atoms with Crippen molar-refractivity contribution in [2.45, 2.75) is 32.6 Å². The fourth-order valence-corrected chi connectivity index (χ4v) is 2.16. The minimum atomic E-state index is 0.525. The molecule has 1 fully saturated rings. The summed E-state index contributed by atoms with van der Waals surface area (Å²) in [5, 5.41) is 0. The van der Waals surface area contributed by atoms with Gasteiger partial charge in [-0.15, -0.1) is 0 Å². The second-order valence-corrected chi connectivity index (χ2v) is 5.13. The number of nitrogens with two attached hydrogens (primary N) is 1. The van der Waals surface area contributed by atoms with Gasteiger partial charge in [-0.3, -0.25) is 0 Å². The van der Waals surface area contributed by atoms with Crippen molar-refractivity contribution in [2.75, 3.05) is 5.73 Å². The number of rotatable bonds is 2. The minimum absolute atomic E-state index is 0.525. The third-order valence-electron chi connectivity index (χ3n) is 3.37. The molecule has 0 bridgehead atoms. The van der Waals surface area contributed by atoms with Crippen molar-refractivity contribution in [3.8, 4) is 11.3 Å². The molecule has 2 N–H and O–H groups in total. The molecule has 1 aromatic carbocycles. The molecule has 0 spiro atoms. The van der Waals surface area contributed by atoms with Gasteiger partial charge in [0.05, 0.1) is 5.69 Å². The highest BCUT2D eigenvalue weighted by molar-refractivity contribution is 5.66. The monoisotopic (exact) mass is 239 g/mol. The minimum Gasteiger partial charge on any atom is -0.384 e. The molecule has 0 amide bonds. The Morgan fingerprint density at radius 3 is 2.61 bits per heavy atom. The second-order valence-electron chi connectivity index (χ2n) is 5.13. The molecule has 0 unspecified atom stereocenters. The van der Waals surface area contributed by atoms with Gasteiger partial charge in [-0.2, -0.15) is 0 Å². The zero-order valence-electron chi connectivity index (χ0n) is 10.8. The quantitative estimate of drug-likeness (QED) is 0.875. The van der Waals surface area contributed by atoms with Gasteiger partial charge in [0.1, 0.15) is 11.6 Å². The van der Waals surface area contributed by atoms with E-state index in [1.165, 1.54) is 24.0 Å². The van der Waals surface area contributed by atoms with Crippen molar-refractivity contribution in [1.29, 1.82) is 0 Å². The molecule has 0 atom stereocenters. The smallest absolute Gasteiger partial charge is 0.134 e. The predicted octanol–water partition coefficient (Wildman–Crippen LogP) is 3.22. The molecule has 1 aromatic heterocycles. The summed E-state index contributed by atoms with van der Waals surface area (Å²) in [6, 6.07) is 8.27. The lowest BCUT2D eigenvalue weighted by Gasteiger charge is -2.09. The Morgan fingerprint density at radius 1 is 1.11 bits per heavy atom. The molecule has 1 heterocycles. The molecule has 1 saturated carbocycles. The van der Waals surface area contributed by atoms with Crippen LogP contribution in [-0.2, 0) is 0 Å². The van der Waals surface area contributed by atoms with E-state index in [4.69, 9.17) is 5.73 Å². The molecular weight excluding hydrogens is 222 g/mol. The average molecular weight is 239 g/mol. The third kappa shape index (κ3) is 2.08. The Labute approximate surface area is 107 Å². The average Bonchev–Trinajstić information content (AvgIpc) is 3.15. The van der Waals surface area contributed by atoms with Gasteiger partial charge in [0.2, 0.25) is 0 Å². The summed E-state index contributed by atoms with van der Waals surface area (Å²) in [6.45, 7) is 4.19. The molecule has 92 valence electrons. The van der Waals surface area contributed by atoms with Gasteiger partial charge < -0.3 is 5.73 Å². The zero-order chi connectivity index (χ0) is 12.7. The Balaban J connectivity index is 2.12. The van der Waals surface area contributed by atoms with E-state index in [2.05, 4.69) is 42.0 Å². The summed E-state index contributed by atoms with van der Waals surface area (Å²) in [4.78, 5) is 9.02. The van der Waals surface area contributed by atoms with Crippen LogP contribution in [0.2, 0.25) is 0 Å². The van der Waals surface area contributed by atoms with E-state index in [0.29, 0.717) is 11.7 Å². The first-order chi connectivity index (χ1) is 8.63. The van der Waals surface area contributed by atoms with Crippen LogP contribution in [0.5, 0.6) is 0 Å². The lowest BCUT2D eigenvalue weighted by atomic mass is 10.0. The second kappa shape index (κ2) is 4.09. The zero-order valence-corrected chi connectivity index (χ0v) is 10.8. The number of anilines is 1. The number of aromatic nitrogens is 2. The summed E-state index contributed by atoms with van der Waals surface area (Å²) in [5.41, 5.74) is 10.5. The number of benzene rings is 1. The van der Waals surface area contributed by atoms with Crippen LogP contribution in [0, 0.1) is 13.8 Å². The van der Waals surface area contributed by atoms with Crippen molar-refractivity contribution in [3.63, 3.8) is 0 Å². The molecule has 3 heteroatoms. The summed E-state index contributed by atoms with van der Waals surface area (Å²) < 4.78 is 0. The van der Waals surface area contributed by atoms with Gasteiger partial charge in [-0.05, 0) is 38.3 Å². The highest BCUT2D eigenvalue weighted by atomic mass is 15.0. The molecule has 0 aliphatic heterocycles. The first-order valence-electron chi connectivity index (χ1n) is 6.35. The maximum Gasteiger partial charge on any atom is 0.134 e. The summed E-state index contributed by atoms with van der Waals surface area (Å²) in [6.07, 6.45) is 2.38. The third-order valence-corrected chi connectivity index (χ3v) is 3.37. The lowest BCUT2D eigenvalue weighted by molar-refractivity contribution is 0.935. The molecule has 1 aliphatic rings. The molecule has 18 heavy (non-hydrogen) atoms. The largest absolute Gasteiger partial charge is 0.384 e. The molecule has 3 rings (SSSR count). The maximum atomic E-state index is 5.90. The van der Waals surface area contributed by atoms with Crippen molar-refractivity contribution >= 4 is 5.82 Å². The van der Waals surface area contributed by atoms with E-state index < -0.39 is 0 Å². The first-order valence-corrected chi connectivity index (χ1v) is 6.35. The van der Waals surface area contributed by atoms with Crippen molar-refractivity contribution in [3.05, 3.63) is 41.2 Å². The Morgan fingerprint density at radius 2 is 1.89 bits per heavy atom. The van der Waals surface area contributed by atoms with E-state index in [0.717, 1.165) is 17.1 Å². The molecule has 2 aromatic rings. The molecule has 1 aliphatic carbocycles. The van der Waals surface area contributed by atoms with Crippen molar-refractivity contribution < 1.29 is 0 Å².